The Morgan fingerprint density at radius 1 is 1.34 bits per heavy atom. The zero-order chi connectivity index (χ0) is 21.2. The van der Waals surface area contributed by atoms with Crippen molar-refractivity contribution in [2.24, 2.45) is 7.05 Å². The standard InChI is InChI=1S/C19H22N4O4S2/c1-13(2)23(4)29(25,26)17-7-5-6-14(8-17)19(24)27-11-16-12-28-18(21-16)15-9-20-22(3)10-15/h5-10,12-13H,11H2,1-4H3. The molecule has 0 aliphatic carbocycles. The van der Waals surface area contributed by atoms with Crippen LogP contribution in [0.5, 0.6) is 0 Å². The molecule has 0 radical (unpaired) electrons. The average Bonchev–Trinajstić information content (AvgIpc) is 3.34. The van der Waals surface area contributed by atoms with Gasteiger partial charge in [-0.2, -0.15) is 9.40 Å². The topological polar surface area (TPSA) is 94.4 Å². The van der Waals surface area contributed by atoms with Crippen molar-refractivity contribution in [2.45, 2.75) is 31.4 Å². The minimum absolute atomic E-state index is 0.00152. The lowest BCUT2D eigenvalue weighted by atomic mass is 10.2. The number of hydrogen-bond acceptors (Lipinski definition) is 7. The lowest BCUT2D eigenvalue weighted by molar-refractivity contribution is 0.0468. The first-order chi connectivity index (χ1) is 13.7. The molecule has 0 aliphatic rings. The van der Waals surface area contributed by atoms with Crippen LogP contribution in [0.1, 0.15) is 29.9 Å². The van der Waals surface area contributed by atoms with Crippen LogP contribution in [-0.2, 0) is 28.4 Å². The molecule has 8 nitrogen and oxygen atoms in total. The smallest absolute Gasteiger partial charge is 0.338 e. The molecule has 1 aromatic carbocycles. The van der Waals surface area contributed by atoms with Gasteiger partial charge >= 0.3 is 5.97 Å². The molecule has 3 rings (SSSR count). The summed E-state index contributed by atoms with van der Waals surface area (Å²) in [6.45, 7) is 3.56. The van der Waals surface area contributed by atoms with E-state index < -0.39 is 16.0 Å². The summed E-state index contributed by atoms with van der Waals surface area (Å²) in [5, 5.41) is 6.71. The highest BCUT2D eigenvalue weighted by Gasteiger charge is 2.24. The number of sulfonamides is 1. The largest absolute Gasteiger partial charge is 0.456 e. The Hall–Kier alpha value is -2.56. The minimum atomic E-state index is -3.68. The van der Waals surface area contributed by atoms with E-state index in [1.54, 1.807) is 24.7 Å². The van der Waals surface area contributed by atoms with Crippen LogP contribution < -0.4 is 0 Å². The zero-order valence-electron chi connectivity index (χ0n) is 16.6. The molecule has 0 fully saturated rings. The maximum Gasteiger partial charge on any atom is 0.338 e. The van der Waals surface area contributed by atoms with Gasteiger partial charge in [0.25, 0.3) is 0 Å². The zero-order valence-corrected chi connectivity index (χ0v) is 18.2. The minimum Gasteiger partial charge on any atom is -0.456 e. The molecule has 3 aromatic rings. The van der Waals surface area contributed by atoms with Gasteiger partial charge in [-0.15, -0.1) is 11.3 Å². The van der Waals surface area contributed by atoms with Crippen LogP contribution in [0.15, 0.2) is 46.9 Å². The predicted molar refractivity (Wildman–Crippen MR) is 110 cm³/mol. The number of nitrogens with zero attached hydrogens (tertiary/aromatic N) is 4. The molecule has 0 aliphatic heterocycles. The van der Waals surface area contributed by atoms with Crippen molar-refractivity contribution in [3.63, 3.8) is 0 Å². The van der Waals surface area contributed by atoms with E-state index in [2.05, 4.69) is 10.1 Å². The number of benzene rings is 1. The molecule has 10 heteroatoms. The molecule has 0 unspecified atom stereocenters. The highest BCUT2D eigenvalue weighted by Crippen LogP contribution is 2.23. The number of carbonyl (C=O) groups excluding carboxylic acids is 1. The Balaban J connectivity index is 1.70. The summed E-state index contributed by atoms with van der Waals surface area (Å²) >= 11 is 1.43. The highest BCUT2D eigenvalue weighted by molar-refractivity contribution is 7.89. The van der Waals surface area contributed by atoms with Crippen molar-refractivity contribution < 1.29 is 17.9 Å². The molecule has 0 spiro atoms. The van der Waals surface area contributed by atoms with Gasteiger partial charge in [-0.05, 0) is 32.0 Å². The Morgan fingerprint density at radius 3 is 2.76 bits per heavy atom. The molecule has 0 saturated carbocycles. The number of rotatable bonds is 7. The number of aryl methyl sites for hydroxylation is 1. The second-order valence-electron chi connectivity index (χ2n) is 6.77. The summed E-state index contributed by atoms with van der Waals surface area (Å²) < 4.78 is 33.5. The number of esters is 1. The number of hydrogen-bond donors (Lipinski definition) is 0. The summed E-state index contributed by atoms with van der Waals surface area (Å²) in [6, 6.07) is 5.65. The third-order valence-corrected chi connectivity index (χ3v) is 7.30. The maximum absolute atomic E-state index is 12.6. The first-order valence-corrected chi connectivity index (χ1v) is 11.2. The second-order valence-corrected chi connectivity index (χ2v) is 9.62. The summed E-state index contributed by atoms with van der Waals surface area (Å²) in [7, 11) is -0.346. The van der Waals surface area contributed by atoms with Gasteiger partial charge in [-0.3, -0.25) is 4.68 Å². The summed E-state index contributed by atoms with van der Waals surface area (Å²) in [5.41, 5.74) is 1.68. The van der Waals surface area contributed by atoms with E-state index in [1.807, 2.05) is 18.6 Å². The predicted octanol–water partition coefficient (Wildman–Crippen LogP) is 2.93. The molecule has 154 valence electrons. The maximum atomic E-state index is 12.6. The molecule has 2 aromatic heterocycles. The summed E-state index contributed by atoms with van der Waals surface area (Å²) in [5.74, 6) is -0.606. The van der Waals surface area contributed by atoms with Crippen molar-refractivity contribution in [3.05, 3.63) is 53.3 Å². The Bertz CT molecular complexity index is 1120. The van der Waals surface area contributed by atoms with E-state index in [9.17, 15) is 13.2 Å². The molecule has 0 saturated heterocycles. The van der Waals surface area contributed by atoms with Crippen molar-refractivity contribution in [3.8, 4) is 10.6 Å². The number of thiazole rings is 1. The van der Waals surface area contributed by atoms with Crippen LogP contribution in [0.4, 0.5) is 0 Å². The van der Waals surface area contributed by atoms with E-state index in [0.717, 1.165) is 10.6 Å². The van der Waals surface area contributed by atoms with Gasteiger partial charge in [0.1, 0.15) is 11.6 Å². The first-order valence-electron chi connectivity index (χ1n) is 8.87. The Morgan fingerprint density at radius 2 is 2.10 bits per heavy atom. The molecule has 2 heterocycles. The van der Waals surface area contributed by atoms with Gasteiger partial charge in [0.05, 0.1) is 22.3 Å². The lowest BCUT2D eigenvalue weighted by Crippen LogP contribution is -2.33. The molecular weight excluding hydrogens is 412 g/mol. The van der Waals surface area contributed by atoms with Crippen molar-refractivity contribution in [1.29, 1.82) is 0 Å². The molecule has 0 bridgehead atoms. The third kappa shape index (κ3) is 4.72. The van der Waals surface area contributed by atoms with Crippen molar-refractivity contribution in [2.75, 3.05) is 7.05 Å². The highest BCUT2D eigenvalue weighted by atomic mass is 32.2. The summed E-state index contributed by atoms with van der Waals surface area (Å²) in [4.78, 5) is 16.9. The fourth-order valence-electron chi connectivity index (χ4n) is 2.49. The van der Waals surface area contributed by atoms with Gasteiger partial charge in [-0.25, -0.2) is 18.2 Å². The molecule has 29 heavy (non-hydrogen) atoms. The van der Waals surface area contributed by atoms with Gasteiger partial charge in [0.2, 0.25) is 10.0 Å². The Labute approximate surface area is 173 Å². The second kappa shape index (κ2) is 8.44. The van der Waals surface area contributed by atoms with Crippen LogP contribution in [0, 0.1) is 0 Å². The van der Waals surface area contributed by atoms with Crippen molar-refractivity contribution in [1.82, 2.24) is 19.1 Å². The SMILES string of the molecule is CC(C)N(C)S(=O)(=O)c1cccc(C(=O)OCc2csc(-c3cnn(C)c3)n2)c1. The van der Waals surface area contributed by atoms with Crippen LogP contribution >= 0.6 is 11.3 Å². The van der Waals surface area contributed by atoms with E-state index in [1.165, 1.54) is 47.0 Å². The van der Waals surface area contributed by atoms with E-state index in [-0.39, 0.29) is 23.1 Å². The van der Waals surface area contributed by atoms with Gasteiger partial charge < -0.3 is 4.74 Å². The first kappa shape index (κ1) is 21.2. The molecule has 0 N–H and O–H groups in total. The van der Waals surface area contributed by atoms with Gasteiger partial charge in [-0.1, -0.05) is 6.07 Å². The molecular formula is C19H22N4O4S2. The number of ether oxygens (including phenoxy) is 1. The fourth-order valence-corrected chi connectivity index (χ4v) is 4.68. The summed E-state index contributed by atoms with van der Waals surface area (Å²) in [6.07, 6.45) is 3.57. The van der Waals surface area contributed by atoms with Crippen LogP contribution in [0.3, 0.4) is 0 Å². The Kier molecular flexibility index (Phi) is 6.15. The van der Waals surface area contributed by atoms with Crippen LogP contribution in [0.25, 0.3) is 10.6 Å². The quantitative estimate of drug-likeness (QED) is 0.531. The normalized spacial score (nSPS) is 11.9. The monoisotopic (exact) mass is 434 g/mol. The number of carbonyl (C=O) groups is 1. The number of aromatic nitrogens is 3. The molecule has 0 amide bonds. The van der Waals surface area contributed by atoms with Gasteiger partial charge in [0, 0.05) is 37.3 Å². The molecule has 0 atom stereocenters. The average molecular weight is 435 g/mol. The van der Waals surface area contributed by atoms with Crippen molar-refractivity contribution >= 4 is 27.3 Å². The van der Waals surface area contributed by atoms with Gasteiger partial charge in [0.15, 0.2) is 0 Å². The van der Waals surface area contributed by atoms with Crippen LogP contribution in [-0.4, -0.2) is 46.5 Å². The lowest BCUT2D eigenvalue weighted by Gasteiger charge is -2.21. The fraction of sp³-hybridized carbons (Fsp3) is 0.316. The van der Waals surface area contributed by atoms with E-state index in [4.69, 9.17) is 4.74 Å². The van der Waals surface area contributed by atoms with E-state index >= 15 is 0 Å². The third-order valence-electron chi connectivity index (χ3n) is 4.33. The van der Waals surface area contributed by atoms with Crippen LogP contribution in [0.2, 0.25) is 0 Å². The van der Waals surface area contributed by atoms with E-state index in [0.29, 0.717) is 5.69 Å².